The molecule has 24 heavy (non-hydrogen) atoms. The first-order chi connectivity index (χ1) is 11.7. The molecular formula is C18H20N4OS. The van der Waals surface area contributed by atoms with Gasteiger partial charge in [-0.15, -0.1) is 11.3 Å². The van der Waals surface area contributed by atoms with Crippen LogP contribution in [0.25, 0.3) is 10.6 Å². The minimum atomic E-state index is -0.0322. The van der Waals surface area contributed by atoms with Crippen molar-refractivity contribution in [1.29, 1.82) is 0 Å². The minimum Gasteiger partial charge on any atom is -0.334 e. The second-order valence-corrected chi connectivity index (χ2v) is 6.47. The zero-order valence-corrected chi connectivity index (χ0v) is 14.7. The van der Waals surface area contributed by atoms with Crippen molar-refractivity contribution in [3.63, 3.8) is 0 Å². The van der Waals surface area contributed by atoms with Crippen LogP contribution in [0.3, 0.4) is 0 Å². The van der Waals surface area contributed by atoms with Crippen LogP contribution < -0.4 is 0 Å². The third-order valence-corrected chi connectivity index (χ3v) is 4.63. The molecule has 3 aromatic rings. The molecule has 0 atom stereocenters. The lowest BCUT2D eigenvalue weighted by Gasteiger charge is -2.16. The van der Waals surface area contributed by atoms with Gasteiger partial charge in [-0.1, -0.05) is 37.3 Å². The summed E-state index contributed by atoms with van der Waals surface area (Å²) in [5.74, 6) is -0.0322. The molecule has 0 aliphatic rings. The Kier molecular flexibility index (Phi) is 5.05. The number of carbonyl (C=O) groups excluding carboxylic acids is 1. The highest BCUT2D eigenvalue weighted by Crippen LogP contribution is 2.23. The summed E-state index contributed by atoms with van der Waals surface area (Å²) in [6.45, 7) is 3.30. The van der Waals surface area contributed by atoms with Crippen LogP contribution in [0.5, 0.6) is 0 Å². The summed E-state index contributed by atoms with van der Waals surface area (Å²) in [5, 5.41) is 7.20. The van der Waals surface area contributed by atoms with Gasteiger partial charge in [0, 0.05) is 30.7 Å². The molecule has 124 valence electrons. The zero-order valence-electron chi connectivity index (χ0n) is 13.8. The van der Waals surface area contributed by atoms with Gasteiger partial charge in [-0.2, -0.15) is 5.10 Å². The van der Waals surface area contributed by atoms with Gasteiger partial charge in [0.15, 0.2) is 0 Å². The van der Waals surface area contributed by atoms with Crippen LogP contribution in [-0.2, 0) is 13.1 Å². The van der Waals surface area contributed by atoms with Crippen molar-refractivity contribution in [2.45, 2.75) is 26.4 Å². The Morgan fingerprint density at radius 1 is 1.25 bits per heavy atom. The number of thiazole rings is 1. The van der Waals surface area contributed by atoms with Crippen molar-refractivity contribution in [2.75, 3.05) is 7.05 Å². The van der Waals surface area contributed by atoms with Gasteiger partial charge in [0.05, 0.1) is 12.2 Å². The number of nitrogens with zero attached hydrogens (tertiary/aromatic N) is 4. The molecule has 3 rings (SSSR count). The van der Waals surface area contributed by atoms with E-state index in [1.54, 1.807) is 40.2 Å². The van der Waals surface area contributed by atoms with Gasteiger partial charge in [0.1, 0.15) is 10.7 Å². The Morgan fingerprint density at radius 3 is 2.79 bits per heavy atom. The standard InChI is InChI=1S/C18H20N4OS/c1-3-11-22-16(9-10-19-22)18(23)21(2)12-15-13-24-17(20-15)14-7-5-4-6-8-14/h4-10,13H,3,11-12H2,1-2H3. The van der Waals surface area contributed by atoms with E-state index >= 15 is 0 Å². The van der Waals surface area contributed by atoms with Crippen molar-refractivity contribution >= 4 is 17.2 Å². The average molecular weight is 340 g/mol. The van der Waals surface area contributed by atoms with Crippen LogP contribution in [0.2, 0.25) is 0 Å². The average Bonchev–Trinajstić information content (AvgIpc) is 3.25. The fourth-order valence-corrected chi connectivity index (χ4v) is 3.32. The number of amides is 1. The summed E-state index contributed by atoms with van der Waals surface area (Å²) < 4.78 is 1.76. The van der Waals surface area contributed by atoms with Gasteiger partial charge in [-0.3, -0.25) is 9.48 Å². The van der Waals surface area contributed by atoms with Gasteiger partial charge < -0.3 is 4.90 Å². The van der Waals surface area contributed by atoms with Crippen LogP contribution in [0.4, 0.5) is 0 Å². The van der Waals surface area contributed by atoms with Gasteiger partial charge >= 0.3 is 0 Å². The number of benzene rings is 1. The molecule has 0 fully saturated rings. The molecule has 0 spiro atoms. The predicted octanol–water partition coefficient (Wildman–Crippen LogP) is 3.69. The number of carbonyl (C=O) groups is 1. The van der Waals surface area contributed by atoms with E-state index in [1.165, 1.54) is 0 Å². The largest absolute Gasteiger partial charge is 0.334 e. The van der Waals surface area contributed by atoms with E-state index in [-0.39, 0.29) is 5.91 Å². The van der Waals surface area contributed by atoms with Gasteiger partial charge in [-0.25, -0.2) is 4.98 Å². The quantitative estimate of drug-likeness (QED) is 0.688. The van der Waals surface area contributed by atoms with Crippen molar-refractivity contribution in [2.24, 2.45) is 0 Å². The fourth-order valence-electron chi connectivity index (χ4n) is 2.51. The van der Waals surface area contributed by atoms with Crippen molar-refractivity contribution in [3.8, 4) is 10.6 Å². The van der Waals surface area contributed by atoms with Gasteiger partial charge in [0.25, 0.3) is 5.91 Å². The summed E-state index contributed by atoms with van der Waals surface area (Å²) in [6, 6.07) is 11.8. The highest BCUT2D eigenvalue weighted by atomic mass is 32.1. The first kappa shape index (κ1) is 16.4. The number of aryl methyl sites for hydroxylation is 1. The Balaban J connectivity index is 1.71. The third kappa shape index (κ3) is 3.54. The topological polar surface area (TPSA) is 51.0 Å². The summed E-state index contributed by atoms with van der Waals surface area (Å²) in [6.07, 6.45) is 2.62. The van der Waals surface area contributed by atoms with Crippen LogP contribution in [0.1, 0.15) is 29.5 Å². The first-order valence-electron chi connectivity index (χ1n) is 7.96. The molecule has 2 heterocycles. The molecule has 0 unspecified atom stereocenters. The summed E-state index contributed by atoms with van der Waals surface area (Å²) in [7, 11) is 1.80. The normalized spacial score (nSPS) is 10.8. The Labute approximate surface area is 145 Å². The lowest BCUT2D eigenvalue weighted by molar-refractivity contribution is 0.0771. The molecule has 0 radical (unpaired) electrons. The zero-order chi connectivity index (χ0) is 16.9. The molecule has 2 aromatic heterocycles. The molecule has 0 bridgehead atoms. The molecule has 0 saturated carbocycles. The third-order valence-electron chi connectivity index (χ3n) is 3.69. The maximum absolute atomic E-state index is 12.6. The van der Waals surface area contributed by atoms with Crippen molar-refractivity contribution in [1.82, 2.24) is 19.7 Å². The minimum absolute atomic E-state index is 0.0322. The smallest absolute Gasteiger partial charge is 0.272 e. The highest BCUT2D eigenvalue weighted by Gasteiger charge is 2.17. The molecule has 5 nitrogen and oxygen atoms in total. The van der Waals surface area contributed by atoms with E-state index in [0.29, 0.717) is 12.2 Å². The molecule has 1 aromatic carbocycles. The Morgan fingerprint density at radius 2 is 2.04 bits per heavy atom. The molecule has 0 aliphatic carbocycles. The first-order valence-corrected chi connectivity index (χ1v) is 8.84. The molecule has 1 amide bonds. The molecule has 0 aliphatic heterocycles. The lowest BCUT2D eigenvalue weighted by Crippen LogP contribution is -2.28. The van der Waals surface area contributed by atoms with E-state index < -0.39 is 0 Å². The molecule has 0 N–H and O–H groups in total. The van der Waals surface area contributed by atoms with Crippen LogP contribution in [0.15, 0.2) is 48.0 Å². The van der Waals surface area contributed by atoms with Crippen molar-refractivity contribution < 1.29 is 4.79 Å². The van der Waals surface area contributed by atoms with E-state index in [2.05, 4.69) is 17.0 Å². The number of hydrogen-bond donors (Lipinski definition) is 0. The number of hydrogen-bond acceptors (Lipinski definition) is 4. The number of aromatic nitrogens is 3. The van der Waals surface area contributed by atoms with E-state index in [9.17, 15) is 4.79 Å². The number of rotatable bonds is 6. The Bertz CT molecular complexity index is 809. The van der Waals surface area contributed by atoms with Gasteiger partial charge in [0.2, 0.25) is 0 Å². The predicted molar refractivity (Wildman–Crippen MR) is 95.9 cm³/mol. The Hall–Kier alpha value is -2.47. The lowest BCUT2D eigenvalue weighted by atomic mass is 10.2. The van der Waals surface area contributed by atoms with Crippen LogP contribution in [-0.4, -0.2) is 32.6 Å². The SMILES string of the molecule is CCCn1nccc1C(=O)N(C)Cc1csc(-c2ccccc2)n1. The summed E-state index contributed by atoms with van der Waals surface area (Å²) >= 11 is 1.60. The van der Waals surface area contributed by atoms with Crippen LogP contribution in [0, 0.1) is 0 Å². The van der Waals surface area contributed by atoms with Crippen molar-refractivity contribution in [3.05, 3.63) is 59.4 Å². The highest BCUT2D eigenvalue weighted by molar-refractivity contribution is 7.13. The summed E-state index contributed by atoms with van der Waals surface area (Å²) in [5.41, 5.74) is 2.62. The maximum Gasteiger partial charge on any atom is 0.272 e. The molecule has 0 saturated heterocycles. The van der Waals surface area contributed by atoms with E-state index in [1.807, 2.05) is 35.7 Å². The van der Waals surface area contributed by atoms with E-state index in [4.69, 9.17) is 0 Å². The van der Waals surface area contributed by atoms with Gasteiger partial charge in [-0.05, 0) is 12.5 Å². The molecular weight excluding hydrogens is 320 g/mol. The maximum atomic E-state index is 12.6. The van der Waals surface area contributed by atoms with Crippen LogP contribution >= 0.6 is 11.3 Å². The molecule has 6 heteroatoms. The van der Waals surface area contributed by atoms with E-state index in [0.717, 1.165) is 29.2 Å². The monoisotopic (exact) mass is 340 g/mol. The summed E-state index contributed by atoms with van der Waals surface area (Å²) in [4.78, 5) is 19.0. The second kappa shape index (κ2) is 7.40. The second-order valence-electron chi connectivity index (χ2n) is 5.61. The fraction of sp³-hybridized carbons (Fsp3) is 0.278.